The highest BCUT2D eigenvalue weighted by Crippen LogP contribution is 2.31. The quantitative estimate of drug-likeness (QED) is 0.560. The standard InChI is InChI=1S/C14H18N4O2/c1-19-10-5-9(6-11(7-10)20-2)14(18-16)12-8-17-4-3-13(12)15/h3-8,14,18H,16H2,1-2H3,(H2,15,17). The molecule has 0 fully saturated rings. The van der Waals surface area contributed by atoms with E-state index in [1.54, 1.807) is 38.7 Å². The maximum absolute atomic E-state index is 5.98. The first-order valence-corrected chi connectivity index (χ1v) is 6.08. The summed E-state index contributed by atoms with van der Waals surface area (Å²) >= 11 is 0. The van der Waals surface area contributed by atoms with Gasteiger partial charge in [-0.05, 0) is 23.8 Å². The highest BCUT2D eigenvalue weighted by Gasteiger charge is 2.17. The summed E-state index contributed by atoms with van der Waals surface area (Å²) in [7, 11) is 3.20. The van der Waals surface area contributed by atoms with Gasteiger partial charge in [0.05, 0.1) is 20.3 Å². The minimum Gasteiger partial charge on any atom is -0.497 e. The summed E-state index contributed by atoms with van der Waals surface area (Å²) in [6.45, 7) is 0. The maximum Gasteiger partial charge on any atom is 0.122 e. The van der Waals surface area contributed by atoms with Gasteiger partial charge in [-0.15, -0.1) is 0 Å². The minimum absolute atomic E-state index is 0.298. The molecule has 1 heterocycles. The molecule has 0 amide bonds. The first-order valence-electron chi connectivity index (χ1n) is 6.08. The second-order valence-electron chi connectivity index (χ2n) is 4.25. The molecule has 0 saturated heterocycles. The number of nitrogens with one attached hydrogen (secondary N) is 1. The Morgan fingerprint density at radius 2 is 1.80 bits per heavy atom. The van der Waals surface area contributed by atoms with E-state index in [4.69, 9.17) is 21.1 Å². The monoisotopic (exact) mass is 274 g/mol. The second-order valence-corrected chi connectivity index (χ2v) is 4.25. The van der Waals surface area contributed by atoms with Crippen molar-refractivity contribution in [1.82, 2.24) is 10.4 Å². The van der Waals surface area contributed by atoms with Crippen LogP contribution in [0.4, 0.5) is 5.69 Å². The number of hydrogen-bond acceptors (Lipinski definition) is 6. The normalized spacial score (nSPS) is 11.9. The van der Waals surface area contributed by atoms with E-state index in [-0.39, 0.29) is 6.04 Å². The number of rotatable bonds is 5. The number of aromatic nitrogens is 1. The number of ether oxygens (including phenoxy) is 2. The topological polar surface area (TPSA) is 95.4 Å². The Labute approximate surface area is 117 Å². The van der Waals surface area contributed by atoms with Crippen molar-refractivity contribution in [3.05, 3.63) is 47.8 Å². The van der Waals surface area contributed by atoms with Gasteiger partial charge in [0.15, 0.2) is 0 Å². The Hall–Kier alpha value is -2.31. The van der Waals surface area contributed by atoms with Gasteiger partial charge in [0.2, 0.25) is 0 Å². The van der Waals surface area contributed by atoms with E-state index in [1.165, 1.54) is 0 Å². The number of nitrogen functional groups attached to an aromatic ring is 1. The van der Waals surface area contributed by atoms with Crippen LogP contribution in [-0.4, -0.2) is 19.2 Å². The van der Waals surface area contributed by atoms with E-state index in [9.17, 15) is 0 Å². The third kappa shape index (κ3) is 2.81. The molecule has 1 aromatic heterocycles. The second kappa shape index (κ2) is 6.23. The van der Waals surface area contributed by atoms with E-state index in [1.807, 2.05) is 12.1 Å². The van der Waals surface area contributed by atoms with Crippen molar-refractivity contribution < 1.29 is 9.47 Å². The van der Waals surface area contributed by atoms with Gasteiger partial charge in [-0.1, -0.05) is 0 Å². The molecule has 0 aliphatic carbocycles. The van der Waals surface area contributed by atoms with Gasteiger partial charge in [0.1, 0.15) is 11.5 Å². The van der Waals surface area contributed by atoms with Gasteiger partial charge in [-0.3, -0.25) is 10.8 Å². The fourth-order valence-corrected chi connectivity index (χ4v) is 2.02. The molecule has 2 aromatic rings. The summed E-state index contributed by atoms with van der Waals surface area (Å²) < 4.78 is 10.5. The van der Waals surface area contributed by atoms with Crippen LogP contribution in [0.25, 0.3) is 0 Å². The van der Waals surface area contributed by atoms with Gasteiger partial charge in [-0.2, -0.15) is 0 Å². The number of nitrogens with two attached hydrogens (primary N) is 2. The Morgan fingerprint density at radius 1 is 1.15 bits per heavy atom. The lowest BCUT2D eigenvalue weighted by molar-refractivity contribution is 0.392. The van der Waals surface area contributed by atoms with Crippen molar-refractivity contribution in [3.63, 3.8) is 0 Å². The first kappa shape index (κ1) is 14.1. The summed E-state index contributed by atoms with van der Waals surface area (Å²) in [5.74, 6) is 7.04. The van der Waals surface area contributed by atoms with Crippen molar-refractivity contribution in [1.29, 1.82) is 0 Å². The highest BCUT2D eigenvalue weighted by atomic mass is 16.5. The number of hydrogen-bond donors (Lipinski definition) is 3. The molecular weight excluding hydrogens is 256 g/mol. The summed E-state index contributed by atoms with van der Waals surface area (Å²) in [4.78, 5) is 4.09. The maximum atomic E-state index is 5.98. The van der Waals surface area contributed by atoms with Gasteiger partial charge in [-0.25, -0.2) is 5.43 Å². The van der Waals surface area contributed by atoms with Crippen LogP contribution in [-0.2, 0) is 0 Å². The number of nitrogens with zero attached hydrogens (tertiary/aromatic N) is 1. The number of anilines is 1. The molecule has 6 heteroatoms. The Balaban J connectivity index is 2.49. The number of methoxy groups -OCH3 is 2. The fourth-order valence-electron chi connectivity index (χ4n) is 2.02. The summed E-state index contributed by atoms with van der Waals surface area (Å²) in [5, 5.41) is 0. The number of hydrazine groups is 1. The SMILES string of the molecule is COc1cc(OC)cc(C(NN)c2cnccc2N)c1. The molecule has 0 saturated carbocycles. The molecule has 20 heavy (non-hydrogen) atoms. The summed E-state index contributed by atoms with van der Waals surface area (Å²) in [6, 6.07) is 6.98. The van der Waals surface area contributed by atoms with Crippen molar-refractivity contribution in [3.8, 4) is 11.5 Å². The summed E-state index contributed by atoms with van der Waals surface area (Å²) in [5.41, 5.74) is 11.0. The average molecular weight is 274 g/mol. The van der Waals surface area contributed by atoms with E-state index in [2.05, 4.69) is 10.4 Å². The number of benzene rings is 1. The zero-order chi connectivity index (χ0) is 14.5. The van der Waals surface area contributed by atoms with Crippen molar-refractivity contribution >= 4 is 5.69 Å². The molecule has 0 spiro atoms. The molecular formula is C14H18N4O2. The Bertz CT molecular complexity index is 567. The lowest BCUT2D eigenvalue weighted by Crippen LogP contribution is -2.29. The van der Waals surface area contributed by atoms with Crippen LogP contribution >= 0.6 is 0 Å². The fraction of sp³-hybridized carbons (Fsp3) is 0.214. The van der Waals surface area contributed by atoms with Crippen LogP contribution in [0.5, 0.6) is 11.5 Å². The number of pyridine rings is 1. The van der Waals surface area contributed by atoms with Crippen LogP contribution in [0.1, 0.15) is 17.2 Å². The minimum atomic E-state index is -0.298. The molecule has 0 radical (unpaired) electrons. The van der Waals surface area contributed by atoms with Crippen molar-refractivity contribution in [2.45, 2.75) is 6.04 Å². The molecule has 0 aliphatic heterocycles. The van der Waals surface area contributed by atoms with Crippen LogP contribution < -0.4 is 26.5 Å². The Morgan fingerprint density at radius 3 is 2.30 bits per heavy atom. The lowest BCUT2D eigenvalue weighted by Gasteiger charge is -2.19. The van der Waals surface area contributed by atoms with Crippen LogP contribution in [0, 0.1) is 0 Å². The molecule has 5 N–H and O–H groups in total. The Kier molecular flexibility index (Phi) is 4.39. The molecule has 1 atom stereocenters. The third-order valence-electron chi connectivity index (χ3n) is 3.07. The van der Waals surface area contributed by atoms with E-state index in [0.29, 0.717) is 17.2 Å². The average Bonchev–Trinajstić information content (AvgIpc) is 2.49. The van der Waals surface area contributed by atoms with E-state index in [0.717, 1.165) is 11.1 Å². The van der Waals surface area contributed by atoms with Crippen molar-refractivity contribution in [2.24, 2.45) is 5.84 Å². The van der Waals surface area contributed by atoms with Gasteiger partial charge in [0, 0.05) is 29.7 Å². The molecule has 0 aliphatic rings. The summed E-state index contributed by atoms with van der Waals surface area (Å²) in [6.07, 6.45) is 3.32. The van der Waals surface area contributed by atoms with Crippen LogP contribution in [0.15, 0.2) is 36.7 Å². The smallest absolute Gasteiger partial charge is 0.122 e. The van der Waals surface area contributed by atoms with Crippen molar-refractivity contribution in [2.75, 3.05) is 20.0 Å². The molecule has 106 valence electrons. The molecule has 2 rings (SSSR count). The zero-order valence-electron chi connectivity index (χ0n) is 11.5. The van der Waals surface area contributed by atoms with Crippen LogP contribution in [0.3, 0.4) is 0 Å². The molecule has 1 aromatic carbocycles. The van der Waals surface area contributed by atoms with Gasteiger partial charge in [0.25, 0.3) is 0 Å². The zero-order valence-corrected chi connectivity index (χ0v) is 11.5. The van der Waals surface area contributed by atoms with Gasteiger partial charge < -0.3 is 15.2 Å². The van der Waals surface area contributed by atoms with E-state index >= 15 is 0 Å². The molecule has 0 bridgehead atoms. The van der Waals surface area contributed by atoms with Crippen LogP contribution in [0.2, 0.25) is 0 Å². The largest absolute Gasteiger partial charge is 0.497 e. The third-order valence-corrected chi connectivity index (χ3v) is 3.07. The van der Waals surface area contributed by atoms with Gasteiger partial charge >= 0.3 is 0 Å². The predicted molar refractivity (Wildman–Crippen MR) is 77.4 cm³/mol. The predicted octanol–water partition coefficient (Wildman–Crippen LogP) is 1.23. The first-order chi connectivity index (χ1) is 9.69. The molecule has 1 unspecified atom stereocenters. The lowest BCUT2D eigenvalue weighted by atomic mass is 9.99. The van der Waals surface area contributed by atoms with E-state index < -0.39 is 0 Å². The highest BCUT2D eigenvalue weighted by molar-refractivity contribution is 5.51. The molecule has 6 nitrogen and oxygen atoms in total.